The van der Waals surface area contributed by atoms with Gasteiger partial charge in [0, 0.05) is 44.4 Å². The van der Waals surface area contributed by atoms with Crippen LogP contribution >= 0.6 is 0 Å². The lowest BCUT2D eigenvalue weighted by molar-refractivity contribution is 0.131. The highest BCUT2D eigenvalue weighted by molar-refractivity contribution is 5.91. The van der Waals surface area contributed by atoms with E-state index in [2.05, 4.69) is 37.2 Å². The molecule has 1 aliphatic heterocycles. The number of nitrogens with one attached hydrogen (secondary N) is 2. The van der Waals surface area contributed by atoms with E-state index in [1.165, 1.54) is 0 Å². The Bertz CT molecular complexity index is 1530. The number of likely N-dealkylation sites (N-methyl/N-ethyl adjacent to an activating group) is 1. The minimum Gasteiger partial charge on any atom is -0.473 e. The molecule has 38 heavy (non-hydrogen) atoms. The van der Waals surface area contributed by atoms with Crippen molar-refractivity contribution in [3.63, 3.8) is 0 Å². The fourth-order valence-corrected chi connectivity index (χ4v) is 4.97. The maximum absolute atomic E-state index is 13.0. The van der Waals surface area contributed by atoms with E-state index in [-0.39, 0.29) is 18.2 Å². The van der Waals surface area contributed by atoms with Gasteiger partial charge in [-0.3, -0.25) is 24.6 Å². The molecule has 4 aromatic rings. The fourth-order valence-electron chi connectivity index (χ4n) is 4.97. The van der Waals surface area contributed by atoms with Crippen molar-refractivity contribution in [2.75, 3.05) is 20.2 Å². The molecule has 0 amide bonds. The Hall–Kier alpha value is -3.74. The molecule has 0 saturated carbocycles. The topological polar surface area (TPSA) is 139 Å². The molecule has 0 fully saturated rings. The Morgan fingerprint density at radius 1 is 1.34 bits per heavy atom. The summed E-state index contributed by atoms with van der Waals surface area (Å²) in [6.45, 7) is 8.24. The summed E-state index contributed by atoms with van der Waals surface area (Å²) >= 11 is 0. The number of methoxy groups -OCH3 is 1. The Morgan fingerprint density at radius 3 is 2.89 bits per heavy atom. The first-order valence-corrected chi connectivity index (χ1v) is 12.7. The summed E-state index contributed by atoms with van der Waals surface area (Å²) in [6.07, 6.45) is 4.59. The van der Waals surface area contributed by atoms with Gasteiger partial charge in [-0.25, -0.2) is 9.67 Å². The van der Waals surface area contributed by atoms with Gasteiger partial charge in [-0.15, -0.1) is 0 Å². The van der Waals surface area contributed by atoms with Crippen molar-refractivity contribution in [2.24, 2.45) is 7.05 Å². The molecule has 0 aliphatic carbocycles. The SMILES string of the molecule is CCN1Cc2c(c(=O)[nH]n2C[C@H](C)O)/C=C/c2[nH]nc3ncc(cc23)-c2c(COC)nn(C)c2O[C@@H](C)C1. The summed E-state index contributed by atoms with van der Waals surface area (Å²) in [5.74, 6) is 0.630. The molecule has 3 N–H and O–H groups in total. The lowest BCUT2D eigenvalue weighted by atomic mass is 10.1. The number of aryl methyl sites for hydroxylation is 1. The van der Waals surface area contributed by atoms with Crippen molar-refractivity contribution in [1.82, 2.24) is 39.6 Å². The standard InChI is InChI=1S/C26H34N8O4/c1-6-33-12-16(3)38-26-23(21(14-37-5)30-32(26)4)17-9-19-20(28-29-24(19)27-10-17)8-7-18-22(13-33)34(11-15(2)35)31-25(18)36/h7-10,15-16,35H,6,11-14H2,1-5H3,(H,31,36)(H,27,28,29)/b8-7+/t15-,16-/m0/s1. The van der Waals surface area contributed by atoms with Crippen molar-refractivity contribution >= 4 is 23.2 Å². The van der Waals surface area contributed by atoms with E-state index in [1.807, 2.05) is 26.1 Å². The average Bonchev–Trinajstić information content (AvgIpc) is 3.50. The molecule has 2 atom stereocenters. The summed E-state index contributed by atoms with van der Waals surface area (Å²) in [7, 11) is 3.50. The number of hydrogen-bond donors (Lipinski definition) is 3. The zero-order chi connectivity index (χ0) is 27.0. The number of rotatable bonds is 5. The molecule has 0 unspecified atom stereocenters. The van der Waals surface area contributed by atoms with E-state index >= 15 is 0 Å². The van der Waals surface area contributed by atoms with Gasteiger partial charge >= 0.3 is 0 Å². The van der Waals surface area contributed by atoms with E-state index in [4.69, 9.17) is 9.47 Å². The van der Waals surface area contributed by atoms with E-state index in [0.29, 0.717) is 36.8 Å². The highest BCUT2D eigenvalue weighted by atomic mass is 16.5. The highest BCUT2D eigenvalue weighted by Gasteiger charge is 2.25. The molecule has 5 heterocycles. The van der Waals surface area contributed by atoms with Crippen molar-refractivity contribution < 1.29 is 14.6 Å². The Balaban J connectivity index is 1.71. The predicted molar refractivity (Wildman–Crippen MR) is 144 cm³/mol. The second kappa shape index (κ2) is 10.6. The van der Waals surface area contributed by atoms with Gasteiger partial charge in [0.15, 0.2) is 5.65 Å². The largest absolute Gasteiger partial charge is 0.473 e. The highest BCUT2D eigenvalue weighted by Crippen LogP contribution is 2.36. The summed E-state index contributed by atoms with van der Waals surface area (Å²) < 4.78 is 15.4. The van der Waals surface area contributed by atoms with Crippen molar-refractivity contribution in [2.45, 2.75) is 52.7 Å². The van der Waals surface area contributed by atoms with Crippen LogP contribution in [0.1, 0.15) is 43.4 Å². The van der Waals surface area contributed by atoms with Crippen LogP contribution in [-0.2, 0) is 31.5 Å². The number of nitrogens with zero attached hydrogens (tertiary/aromatic N) is 6. The summed E-state index contributed by atoms with van der Waals surface area (Å²) in [5, 5.41) is 25.8. The number of aromatic amines is 2. The number of aliphatic hydroxyl groups excluding tert-OH is 1. The Kier molecular flexibility index (Phi) is 7.19. The van der Waals surface area contributed by atoms with E-state index in [9.17, 15) is 9.90 Å². The third-order valence-electron chi connectivity index (χ3n) is 6.71. The predicted octanol–water partition coefficient (Wildman–Crippen LogP) is 2.15. The molecule has 202 valence electrons. The maximum atomic E-state index is 13.0. The summed E-state index contributed by atoms with van der Waals surface area (Å²) in [5.41, 5.74) is 4.81. The van der Waals surface area contributed by atoms with Gasteiger partial charge in [-0.05, 0) is 38.6 Å². The number of pyridine rings is 1. The fraction of sp³-hybridized carbons (Fsp3) is 0.462. The molecule has 0 saturated heterocycles. The van der Waals surface area contributed by atoms with Gasteiger partial charge in [0.25, 0.3) is 5.56 Å². The number of hydrogen-bond acceptors (Lipinski definition) is 8. The molecule has 12 nitrogen and oxygen atoms in total. The van der Waals surface area contributed by atoms with E-state index in [0.717, 1.165) is 40.1 Å². The van der Waals surface area contributed by atoms with Gasteiger partial charge in [0.1, 0.15) is 6.10 Å². The van der Waals surface area contributed by atoms with Crippen LogP contribution in [0.25, 0.3) is 34.3 Å². The first kappa shape index (κ1) is 25.9. The quantitative estimate of drug-likeness (QED) is 0.362. The first-order valence-electron chi connectivity index (χ1n) is 12.7. The number of ether oxygens (including phenoxy) is 2. The van der Waals surface area contributed by atoms with Gasteiger partial charge in [0.05, 0.1) is 47.5 Å². The molecule has 0 radical (unpaired) electrons. The van der Waals surface area contributed by atoms with E-state index < -0.39 is 6.10 Å². The van der Waals surface area contributed by atoms with Crippen LogP contribution in [0.5, 0.6) is 5.88 Å². The molecule has 5 rings (SSSR count). The number of H-pyrrole nitrogens is 2. The van der Waals surface area contributed by atoms with Crippen molar-refractivity contribution in [3.8, 4) is 17.0 Å². The minimum absolute atomic E-state index is 0.194. The first-order chi connectivity index (χ1) is 18.3. The smallest absolute Gasteiger partial charge is 0.271 e. The average molecular weight is 523 g/mol. The lowest BCUT2D eigenvalue weighted by Crippen LogP contribution is -2.35. The van der Waals surface area contributed by atoms with Crippen LogP contribution in [0.2, 0.25) is 0 Å². The van der Waals surface area contributed by atoms with Crippen LogP contribution in [0, 0.1) is 0 Å². The Morgan fingerprint density at radius 2 is 2.16 bits per heavy atom. The van der Waals surface area contributed by atoms with Gasteiger partial charge in [0.2, 0.25) is 5.88 Å². The summed E-state index contributed by atoms with van der Waals surface area (Å²) in [4.78, 5) is 19.8. The third kappa shape index (κ3) is 4.89. The normalized spacial score (nSPS) is 18.0. The van der Waals surface area contributed by atoms with Crippen LogP contribution in [0.4, 0.5) is 0 Å². The molecule has 1 aliphatic rings. The van der Waals surface area contributed by atoms with Crippen molar-refractivity contribution in [1.29, 1.82) is 0 Å². The monoisotopic (exact) mass is 522 g/mol. The minimum atomic E-state index is -0.620. The van der Waals surface area contributed by atoms with Gasteiger partial charge < -0.3 is 14.6 Å². The van der Waals surface area contributed by atoms with Crippen LogP contribution in [0.3, 0.4) is 0 Å². The van der Waals surface area contributed by atoms with Gasteiger partial charge in [-0.2, -0.15) is 10.2 Å². The Labute approximate surface area is 219 Å². The maximum Gasteiger partial charge on any atom is 0.271 e. The summed E-state index contributed by atoms with van der Waals surface area (Å²) in [6, 6.07) is 2.00. The van der Waals surface area contributed by atoms with Crippen molar-refractivity contribution in [3.05, 3.63) is 45.3 Å². The van der Waals surface area contributed by atoms with Gasteiger partial charge in [-0.1, -0.05) is 6.92 Å². The molecule has 4 aromatic heterocycles. The number of fused-ring (bicyclic) bond motifs is 4. The zero-order valence-corrected chi connectivity index (χ0v) is 22.4. The second-order valence-electron chi connectivity index (χ2n) is 9.77. The van der Waals surface area contributed by atoms with E-state index in [1.54, 1.807) is 35.7 Å². The molecule has 0 aromatic carbocycles. The molecule has 2 bridgehead atoms. The van der Waals surface area contributed by atoms with Crippen LogP contribution in [0.15, 0.2) is 17.1 Å². The van der Waals surface area contributed by atoms with Crippen LogP contribution in [-0.4, -0.2) is 77.2 Å². The molecular weight excluding hydrogens is 488 g/mol. The lowest BCUT2D eigenvalue weighted by Gasteiger charge is -2.26. The number of aliphatic hydroxyl groups is 1. The molecule has 12 heteroatoms. The molecular formula is C26H34N8O4. The second-order valence-corrected chi connectivity index (χ2v) is 9.77. The molecule has 0 spiro atoms. The zero-order valence-electron chi connectivity index (χ0n) is 22.4. The number of aromatic nitrogens is 7. The van der Waals surface area contributed by atoms with Crippen LogP contribution < -0.4 is 10.3 Å². The third-order valence-corrected chi connectivity index (χ3v) is 6.71.